The van der Waals surface area contributed by atoms with Crippen LogP contribution in [0.25, 0.3) is 0 Å². The molecular weight excluding hydrogens is 362 g/mol. The molecule has 7 nitrogen and oxygen atoms in total. The maximum absolute atomic E-state index is 13.8. The van der Waals surface area contributed by atoms with E-state index in [0.29, 0.717) is 0 Å². The number of halogens is 2. The summed E-state index contributed by atoms with van der Waals surface area (Å²) in [4.78, 5) is 24.7. The van der Waals surface area contributed by atoms with Crippen molar-refractivity contribution in [2.24, 2.45) is 0 Å². The van der Waals surface area contributed by atoms with Gasteiger partial charge in [0.15, 0.2) is 12.4 Å². The van der Waals surface area contributed by atoms with Gasteiger partial charge in [-0.15, -0.1) is 0 Å². The lowest BCUT2D eigenvalue weighted by atomic mass is 10.1. The molecule has 0 aromatic carbocycles. The number of nitrogens with zero attached hydrogens (tertiary/aromatic N) is 1. The van der Waals surface area contributed by atoms with Gasteiger partial charge in [-0.2, -0.15) is 0 Å². The van der Waals surface area contributed by atoms with E-state index in [0.717, 1.165) is 10.8 Å². The van der Waals surface area contributed by atoms with Crippen molar-refractivity contribution in [1.29, 1.82) is 0 Å². The van der Waals surface area contributed by atoms with E-state index >= 15 is 0 Å². The van der Waals surface area contributed by atoms with Crippen LogP contribution in [0.4, 0.5) is 4.39 Å². The number of rotatable bonds is 2. The van der Waals surface area contributed by atoms with Gasteiger partial charge in [0.2, 0.25) is 0 Å². The van der Waals surface area contributed by atoms with Crippen molar-refractivity contribution in [2.75, 3.05) is 6.61 Å². The Balaban J connectivity index is 2.42. The summed E-state index contributed by atoms with van der Waals surface area (Å²) >= 11 is 1.69. The van der Waals surface area contributed by atoms with Gasteiger partial charge in [0.1, 0.15) is 12.2 Å². The summed E-state index contributed by atoms with van der Waals surface area (Å²) in [5, 5.41) is 18.3. The molecular formula is C9H10FIN2O5. The average Bonchev–Trinajstić information content (AvgIpc) is 2.61. The van der Waals surface area contributed by atoms with Gasteiger partial charge in [-0.3, -0.25) is 14.3 Å². The van der Waals surface area contributed by atoms with E-state index in [1.807, 2.05) is 4.98 Å². The Morgan fingerprint density at radius 1 is 1.56 bits per heavy atom. The molecule has 4 atom stereocenters. The van der Waals surface area contributed by atoms with Crippen LogP contribution in [0.2, 0.25) is 0 Å². The number of hydrogen-bond donors (Lipinski definition) is 3. The quantitative estimate of drug-likeness (QED) is 0.562. The van der Waals surface area contributed by atoms with E-state index in [2.05, 4.69) is 0 Å². The minimum atomic E-state index is -1.86. The van der Waals surface area contributed by atoms with Gasteiger partial charge in [-0.25, -0.2) is 9.18 Å². The lowest BCUT2D eigenvalue weighted by molar-refractivity contribution is -0.0492. The predicted octanol–water partition coefficient (Wildman–Crippen LogP) is -1.27. The first-order chi connectivity index (χ1) is 8.45. The molecule has 1 aromatic heterocycles. The van der Waals surface area contributed by atoms with Crippen LogP contribution in [0.3, 0.4) is 0 Å². The highest BCUT2D eigenvalue weighted by molar-refractivity contribution is 14.1. The zero-order valence-corrected chi connectivity index (χ0v) is 11.1. The summed E-state index contributed by atoms with van der Waals surface area (Å²) < 4.78 is 19.9. The van der Waals surface area contributed by atoms with E-state index in [1.165, 1.54) is 0 Å². The lowest BCUT2D eigenvalue weighted by Gasteiger charge is -2.15. The van der Waals surface area contributed by atoms with E-state index in [-0.39, 0.29) is 3.57 Å². The van der Waals surface area contributed by atoms with Crippen molar-refractivity contribution in [3.8, 4) is 0 Å². The molecule has 0 aliphatic carbocycles. The third kappa shape index (κ3) is 2.22. The average molecular weight is 372 g/mol. The fourth-order valence-electron chi connectivity index (χ4n) is 1.73. The number of aliphatic hydroxyl groups excluding tert-OH is 2. The molecule has 100 valence electrons. The standard InChI is InChI=1S/C9H10FIN2O5/c10-5-6(15)4(2-14)18-8(5)13-1-3(11)7(16)12-9(13)17/h1,4-6,8,14-15H,2H2,(H,12,16,17)/t4-,5?,6-,8?/m1/s1. The molecule has 9 heteroatoms. The van der Waals surface area contributed by atoms with Gasteiger partial charge >= 0.3 is 5.69 Å². The predicted molar refractivity (Wildman–Crippen MR) is 65.9 cm³/mol. The maximum Gasteiger partial charge on any atom is 0.330 e. The Kier molecular flexibility index (Phi) is 3.84. The Bertz CT molecular complexity index is 559. The summed E-state index contributed by atoms with van der Waals surface area (Å²) in [7, 11) is 0. The number of aliphatic hydroxyl groups is 2. The highest BCUT2D eigenvalue weighted by Crippen LogP contribution is 2.30. The van der Waals surface area contributed by atoms with Gasteiger partial charge in [0.25, 0.3) is 5.56 Å². The molecule has 1 aliphatic heterocycles. The first-order valence-corrected chi connectivity index (χ1v) is 6.13. The molecule has 2 heterocycles. The topological polar surface area (TPSA) is 105 Å². The number of aromatic amines is 1. The highest BCUT2D eigenvalue weighted by atomic mass is 127. The SMILES string of the molecule is O=c1[nH]c(=O)n(C2O[C@H](CO)[C@@H](O)C2F)cc1I. The van der Waals surface area contributed by atoms with Gasteiger partial charge in [-0.1, -0.05) is 0 Å². The molecule has 3 N–H and O–H groups in total. The van der Waals surface area contributed by atoms with Crippen LogP contribution in [0.1, 0.15) is 6.23 Å². The first kappa shape index (κ1) is 13.6. The molecule has 2 rings (SSSR count). The van der Waals surface area contributed by atoms with Crippen molar-refractivity contribution in [3.05, 3.63) is 30.6 Å². The minimum absolute atomic E-state index is 0.185. The van der Waals surface area contributed by atoms with Crippen LogP contribution in [0.5, 0.6) is 0 Å². The van der Waals surface area contributed by atoms with Crippen LogP contribution >= 0.6 is 22.6 Å². The number of aromatic nitrogens is 2. The fraction of sp³-hybridized carbons (Fsp3) is 0.556. The summed E-state index contributed by atoms with van der Waals surface area (Å²) in [6, 6.07) is 0. The molecule has 0 spiro atoms. The Labute approximate surface area is 113 Å². The summed E-state index contributed by atoms with van der Waals surface area (Å²) in [5.74, 6) is 0. The minimum Gasteiger partial charge on any atom is -0.394 e. The van der Waals surface area contributed by atoms with Crippen LogP contribution in [-0.4, -0.2) is 44.8 Å². The zero-order chi connectivity index (χ0) is 13.4. The highest BCUT2D eigenvalue weighted by Gasteiger charge is 2.45. The first-order valence-electron chi connectivity index (χ1n) is 5.05. The molecule has 18 heavy (non-hydrogen) atoms. The monoisotopic (exact) mass is 372 g/mol. The lowest BCUT2D eigenvalue weighted by Crippen LogP contribution is -2.37. The fourth-order valence-corrected chi connectivity index (χ4v) is 2.16. The summed E-state index contributed by atoms with van der Waals surface area (Å²) in [6.45, 7) is -0.562. The van der Waals surface area contributed by atoms with Gasteiger partial charge in [-0.05, 0) is 22.6 Å². The van der Waals surface area contributed by atoms with Gasteiger partial charge < -0.3 is 14.9 Å². The smallest absolute Gasteiger partial charge is 0.330 e. The number of alkyl halides is 1. The number of hydrogen-bond acceptors (Lipinski definition) is 5. The van der Waals surface area contributed by atoms with E-state index in [4.69, 9.17) is 9.84 Å². The van der Waals surface area contributed by atoms with E-state index < -0.39 is 42.5 Å². The zero-order valence-electron chi connectivity index (χ0n) is 8.92. The number of H-pyrrole nitrogens is 1. The molecule has 0 amide bonds. The van der Waals surface area contributed by atoms with Crippen molar-refractivity contribution in [1.82, 2.24) is 9.55 Å². The van der Waals surface area contributed by atoms with E-state index in [9.17, 15) is 19.1 Å². The van der Waals surface area contributed by atoms with Crippen LogP contribution in [-0.2, 0) is 4.74 Å². The molecule has 0 radical (unpaired) electrons. The van der Waals surface area contributed by atoms with Crippen molar-refractivity contribution in [3.63, 3.8) is 0 Å². The largest absolute Gasteiger partial charge is 0.394 e. The molecule has 1 fully saturated rings. The molecule has 2 unspecified atom stereocenters. The summed E-state index contributed by atoms with van der Waals surface area (Å²) in [6.07, 6.45) is -4.69. The second-order valence-electron chi connectivity index (χ2n) is 3.83. The van der Waals surface area contributed by atoms with Crippen molar-refractivity contribution in [2.45, 2.75) is 24.6 Å². The second kappa shape index (κ2) is 5.07. The number of ether oxygens (including phenoxy) is 1. The maximum atomic E-state index is 13.8. The molecule has 0 bridgehead atoms. The molecule has 1 saturated heterocycles. The Morgan fingerprint density at radius 3 is 2.78 bits per heavy atom. The third-order valence-electron chi connectivity index (χ3n) is 2.67. The van der Waals surface area contributed by atoms with Crippen molar-refractivity contribution >= 4 is 22.6 Å². The van der Waals surface area contributed by atoms with Gasteiger partial charge in [0.05, 0.1) is 10.2 Å². The van der Waals surface area contributed by atoms with Gasteiger partial charge in [0, 0.05) is 6.20 Å². The normalized spacial score (nSPS) is 31.8. The van der Waals surface area contributed by atoms with E-state index in [1.54, 1.807) is 22.6 Å². The van der Waals surface area contributed by atoms with Crippen LogP contribution < -0.4 is 11.2 Å². The molecule has 1 aliphatic rings. The van der Waals surface area contributed by atoms with Crippen LogP contribution in [0, 0.1) is 3.57 Å². The van der Waals surface area contributed by atoms with Crippen molar-refractivity contribution < 1.29 is 19.3 Å². The Morgan fingerprint density at radius 2 is 2.22 bits per heavy atom. The summed E-state index contributed by atoms with van der Waals surface area (Å²) in [5.41, 5.74) is -1.41. The van der Waals surface area contributed by atoms with Crippen LogP contribution in [0.15, 0.2) is 15.8 Å². The molecule has 0 saturated carbocycles. The Hall–Kier alpha value is -0.780. The molecule has 1 aromatic rings. The third-order valence-corrected chi connectivity index (χ3v) is 3.44. The second-order valence-corrected chi connectivity index (χ2v) is 4.99. The number of nitrogens with one attached hydrogen (secondary N) is 1.